The molecule has 0 aromatic carbocycles. The molecule has 0 aromatic heterocycles. The molecule has 0 aliphatic carbocycles. The first kappa shape index (κ1) is 30.9. The smallest absolute Gasteiger partial charge is 0.332 e. The van der Waals surface area contributed by atoms with Gasteiger partial charge in [-0.05, 0) is 19.8 Å². The van der Waals surface area contributed by atoms with Gasteiger partial charge in [0.25, 0.3) is 0 Å². The Labute approximate surface area is 180 Å². The van der Waals surface area contributed by atoms with E-state index < -0.39 is 5.97 Å². The van der Waals surface area contributed by atoms with Crippen LogP contribution in [0.2, 0.25) is 0 Å². The van der Waals surface area contributed by atoms with E-state index in [2.05, 4.69) is 11.7 Å². The molecule has 0 unspecified atom stereocenters. The third-order valence-corrected chi connectivity index (χ3v) is 2.94. The maximum Gasteiger partial charge on any atom is 0.332 e. The van der Waals surface area contributed by atoms with Crippen LogP contribution in [0.15, 0.2) is 0 Å². The molecule has 0 aromatic rings. The fourth-order valence-electron chi connectivity index (χ4n) is 1.69. The fraction of sp³-hybridized carbons (Fsp3) is 0.900. The van der Waals surface area contributed by atoms with Crippen molar-refractivity contribution in [1.29, 1.82) is 0 Å². The van der Waals surface area contributed by atoms with Gasteiger partial charge in [-0.25, -0.2) is 9.59 Å². The molecule has 0 saturated carbocycles. The summed E-state index contributed by atoms with van der Waals surface area (Å²) in [4.78, 5) is 20.9. The lowest BCUT2D eigenvalue weighted by Crippen LogP contribution is -2.15. The molecular weight excluding hydrogens is 400 g/mol. The quantitative estimate of drug-likeness (QED) is 0.208. The highest BCUT2D eigenvalue weighted by molar-refractivity contribution is 5.70. The molecule has 0 aliphatic heterocycles. The minimum Gasteiger partial charge on any atom is -0.480 e. The maximum absolute atomic E-state index is 10.8. The second kappa shape index (κ2) is 27.7. The first-order chi connectivity index (χ1) is 14.6. The van der Waals surface area contributed by atoms with Crippen LogP contribution in [0.4, 0.5) is 0 Å². The Bertz CT molecular complexity index is 365. The Morgan fingerprint density at radius 2 is 0.933 bits per heavy atom. The topological polar surface area (TPSA) is 119 Å². The number of rotatable bonds is 21. The molecular formula is C20H40O10. The van der Waals surface area contributed by atoms with Gasteiger partial charge in [-0.15, -0.1) is 0 Å². The molecule has 0 atom stereocenters. The Kier molecular flexibility index (Phi) is 28.5. The van der Waals surface area contributed by atoms with E-state index in [0.717, 1.165) is 26.1 Å². The zero-order valence-electron chi connectivity index (χ0n) is 18.7. The summed E-state index contributed by atoms with van der Waals surface area (Å²) in [6.45, 7) is 11.3. The number of carbonyl (C=O) groups excluding carboxylic acids is 1. The molecule has 30 heavy (non-hydrogen) atoms. The van der Waals surface area contributed by atoms with E-state index in [1.807, 2.05) is 6.92 Å². The lowest BCUT2D eigenvalue weighted by Gasteiger charge is -2.06. The third-order valence-electron chi connectivity index (χ3n) is 2.94. The van der Waals surface area contributed by atoms with Crippen molar-refractivity contribution >= 4 is 11.9 Å². The molecule has 0 amide bonds. The summed E-state index contributed by atoms with van der Waals surface area (Å²) >= 11 is 0. The summed E-state index contributed by atoms with van der Waals surface area (Å²) in [5.41, 5.74) is 0. The molecule has 0 aliphatic rings. The summed E-state index contributed by atoms with van der Waals surface area (Å²) in [7, 11) is 0. The third kappa shape index (κ3) is 31.4. The van der Waals surface area contributed by atoms with Crippen LogP contribution in [-0.2, 0) is 42.7 Å². The Hall–Kier alpha value is -1.30. The normalized spacial score (nSPS) is 10.4. The minimum absolute atomic E-state index is 0.0104. The van der Waals surface area contributed by atoms with Crippen LogP contribution in [0.1, 0.15) is 33.6 Å². The molecule has 10 nitrogen and oxygen atoms in total. The predicted octanol–water partition coefficient (Wildman–Crippen LogP) is 1.54. The number of carbonyl (C=O) groups is 2. The van der Waals surface area contributed by atoms with Crippen molar-refractivity contribution in [3.63, 3.8) is 0 Å². The van der Waals surface area contributed by atoms with Gasteiger partial charge in [-0.3, -0.25) is 0 Å². The van der Waals surface area contributed by atoms with Crippen LogP contribution in [0.5, 0.6) is 0 Å². The summed E-state index contributed by atoms with van der Waals surface area (Å²) < 4.78 is 35.2. The van der Waals surface area contributed by atoms with Gasteiger partial charge in [0.2, 0.25) is 0 Å². The molecule has 0 saturated heterocycles. The average molecular weight is 441 g/mol. The fourth-order valence-corrected chi connectivity index (χ4v) is 1.69. The van der Waals surface area contributed by atoms with Crippen molar-refractivity contribution in [1.82, 2.24) is 0 Å². The van der Waals surface area contributed by atoms with Gasteiger partial charge in [0.1, 0.15) is 13.2 Å². The predicted molar refractivity (Wildman–Crippen MR) is 110 cm³/mol. The monoisotopic (exact) mass is 440 g/mol. The molecule has 1 N–H and O–H groups in total. The number of hydrogen-bond donors (Lipinski definition) is 1. The molecule has 10 heteroatoms. The highest BCUT2D eigenvalue weighted by Gasteiger charge is 2.00. The Morgan fingerprint density at radius 1 is 0.567 bits per heavy atom. The minimum atomic E-state index is -0.962. The first-order valence-corrected chi connectivity index (χ1v) is 10.4. The maximum atomic E-state index is 10.8. The van der Waals surface area contributed by atoms with E-state index >= 15 is 0 Å². The van der Waals surface area contributed by atoms with Crippen LogP contribution in [0, 0.1) is 0 Å². The number of hydrogen-bond acceptors (Lipinski definition) is 9. The van der Waals surface area contributed by atoms with E-state index in [-0.39, 0.29) is 19.2 Å². The largest absolute Gasteiger partial charge is 0.480 e. The lowest BCUT2D eigenvalue weighted by molar-refractivity contribution is -0.149. The van der Waals surface area contributed by atoms with Gasteiger partial charge >= 0.3 is 11.9 Å². The summed E-state index contributed by atoms with van der Waals surface area (Å²) in [6.07, 6.45) is 2.02. The summed E-state index contributed by atoms with van der Waals surface area (Å²) in [5.74, 6) is -1.30. The van der Waals surface area contributed by atoms with Crippen molar-refractivity contribution in [3.8, 4) is 0 Å². The zero-order chi connectivity index (χ0) is 22.7. The molecule has 0 radical (unpaired) electrons. The van der Waals surface area contributed by atoms with Gasteiger partial charge in [0, 0.05) is 13.2 Å². The van der Waals surface area contributed by atoms with Crippen LogP contribution in [-0.4, -0.2) is 103 Å². The van der Waals surface area contributed by atoms with Gasteiger partial charge in [-0.2, -0.15) is 0 Å². The number of esters is 1. The number of ether oxygens (including phenoxy) is 7. The van der Waals surface area contributed by atoms with Crippen LogP contribution in [0.3, 0.4) is 0 Å². The van der Waals surface area contributed by atoms with Gasteiger partial charge < -0.3 is 38.3 Å². The van der Waals surface area contributed by atoms with Crippen molar-refractivity contribution in [2.24, 2.45) is 0 Å². The van der Waals surface area contributed by atoms with Crippen LogP contribution in [0.25, 0.3) is 0 Å². The van der Waals surface area contributed by atoms with Crippen molar-refractivity contribution in [3.05, 3.63) is 0 Å². The summed E-state index contributed by atoms with van der Waals surface area (Å²) in [6, 6.07) is 0. The number of carboxylic acids is 1. The highest BCUT2D eigenvalue weighted by atomic mass is 16.6. The van der Waals surface area contributed by atoms with Crippen molar-refractivity contribution in [2.45, 2.75) is 33.6 Å². The highest BCUT2D eigenvalue weighted by Crippen LogP contribution is 1.85. The van der Waals surface area contributed by atoms with Crippen LogP contribution >= 0.6 is 0 Å². The molecule has 0 fully saturated rings. The molecule has 180 valence electrons. The lowest BCUT2D eigenvalue weighted by atomic mass is 10.5. The molecule has 0 spiro atoms. The van der Waals surface area contributed by atoms with Crippen LogP contribution < -0.4 is 0 Å². The Morgan fingerprint density at radius 3 is 1.30 bits per heavy atom. The first-order valence-electron chi connectivity index (χ1n) is 10.4. The number of carboxylic acid groups (broad SMARTS) is 1. The Balaban J connectivity index is 0. The van der Waals surface area contributed by atoms with E-state index in [1.165, 1.54) is 0 Å². The molecule has 0 bridgehead atoms. The van der Waals surface area contributed by atoms with Gasteiger partial charge in [0.15, 0.2) is 0 Å². The second-order valence-electron chi connectivity index (χ2n) is 5.75. The van der Waals surface area contributed by atoms with E-state index in [9.17, 15) is 9.59 Å². The average Bonchev–Trinajstić information content (AvgIpc) is 2.72. The zero-order valence-corrected chi connectivity index (χ0v) is 18.7. The van der Waals surface area contributed by atoms with Crippen molar-refractivity contribution in [2.75, 3.05) is 85.9 Å². The van der Waals surface area contributed by atoms with E-state index in [1.54, 1.807) is 6.92 Å². The molecule has 0 rings (SSSR count). The van der Waals surface area contributed by atoms with Gasteiger partial charge in [0.05, 0.1) is 59.5 Å². The van der Waals surface area contributed by atoms with Gasteiger partial charge in [-0.1, -0.05) is 13.8 Å². The standard InChI is InChI=1S/C11H22O5.C9H18O5/c1-3-5-13-6-7-14-8-9-15-10-11(12)16-4-2;1-2-3-12-4-5-13-6-7-14-8-9(10)11/h3-10H2,1-2H3;2-8H2,1H3,(H,10,11). The summed E-state index contributed by atoms with van der Waals surface area (Å²) in [5, 5.41) is 8.23. The van der Waals surface area contributed by atoms with E-state index in [0.29, 0.717) is 59.5 Å². The van der Waals surface area contributed by atoms with Crippen molar-refractivity contribution < 1.29 is 47.9 Å². The van der Waals surface area contributed by atoms with E-state index in [4.69, 9.17) is 33.5 Å². The SMILES string of the molecule is CCCOCCOCCOCC(=O)O.CCCOCCOCCOCC(=O)OCC. The second-order valence-corrected chi connectivity index (χ2v) is 5.75. The molecule has 0 heterocycles. The number of aliphatic carboxylic acids is 1.